The maximum atomic E-state index is 13.4. The predicted octanol–water partition coefficient (Wildman–Crippen LogP) is 5.65. The smallest absolute Gasteiger partial charge is 0.355 e. The maximum absolute atomic E-state index is 13.4. The molecule has 35 heavy (non-hydrogen) atoms. The monoisotopic (exact) mass is 486 g/mol. The second-order valence-electron chi connectivity index (χ2n) is 8.73. The third-order valence-electron chi connectivity index (χ3n) is 6.46. The molecule has 2 aromatic carbocycles. The molecule has 0 spiro atoms. The highest BCUT2D eigenvalue weighted by Crippen LogP contribution is 2.33. The predicted molar refractivity (Wildman–Crippen MR) is 126 cm³/mol. The molecule has 3 aromatic rings. The van der Waals surface area contributed by atoms with Gasteiger partial charge in [0, 0.05) is 24.7 Å². The Morgan fingerprint density at radius 3 is 2.34 bits per heavy atom. The van der Waals surface area contributed by atoms with Gasteiger partial charge >= 0.3 is 6.18 Å². The number of alkyl halides is 4. The van der Waals surface area contributed by atoms with Crippen LogP contribution in [-0.2, 0) is 12.9 Å². The van der Waals surface area contributed by atoms with Crippen molar-refractivity contribution in [3.63, 3.8) is 0 Å². The van der Waals surface area contributed by atoms with E-state index in [2.05, 4.69) is 20.4 Å². The number of nitrogens with one attached hydrogen (secondary N) is 1. The topological polar surface area (TPSA) is 58.1 Å². The number of piperidine rings is 1. The number of amides is 1. The van der Waals surface area contributed by atoms with E-state index >= 15 is 0 Å². The molecule has 1 fully saturated rings. The van der Waals surface area contributed by atoms with Crippen molar-refractivity contribution < 1.29 is 22.4 Å². The summed E-state index contributed by atoms with van der Waals surface area (Å²) in [7, 11) is 0. The minimum absolute atomic E-state index is 0.118. The summed E-state index contributed by atoms with van der Waals surface area (Å²) in [5.41, 5.74) is 2.14. The maximum Gasteiger partial charge on any atom is 0.417 e. The number of anilines is 1. The van der Waals surface area contributed by atoms with E-state index in [0.29, 0.717) is 32.0 Å². The van der Waals surface area contributed by atoms with Crippen molar-refractivity contribution in [2.45, 2.75) is 45.6 Å². The standard InChI is InChI=1S/C26H26F4N4O/c1-16-17(2)24(33-32-23(16)19-6-4-3-5-7-19)34-12-10-20(11-13-34)31-25(35)21-9-8-18(15-27)14-22(21)26(28,29)30/h3-9,14,20H,10-13,15H2,1-2H3,(H,31,35). The third-order valence-corrected chi connectivity index (χ3v) is 6.46. The van der Waals surface area contributed by atoms with Crippen LogP contribution in [0.2, 0.25) is 0 Å². The number of carbonyl (C=O) groups is 1. The summed E-state index contributed by atoms with van der Waals surface area (Å²) in [6.07, 6.45) is -3.65. The van der Waals surface area contributed by atoms with E-state index in [4.69, 9.17) is 0 Å². The van der Waals surface area contributed by atoms with Crippen LogP contribution in [0.3, 0.4) is 0 Å². The van der Waals surface area contributed by atoms with Gasteiger partial charge in [-0.2, -0.15) is 13.2 Å². The van der Waals surface area contributed by atoms with E-state index in [0.717, 1.165) is 34.3 Å². The van der Waals surface area contributed by atoms with Crippen LogP contribution < -0.4 is 10.2 Å². The summed E-state index contributed by atoms with van der Waals surface area (Å²) in [5, 5.41) is 11.6. The van der Waals surface area contributed by atoms with Crippen LogP contribution >= 0.6 is 0 Å². The number of aromatic nitrogens is 2. The molecule has 9 heteroatoms. The lowest BCUT2D eigenvalue weighted by atomic mass is 10.00. The van der Waals surface area contributed by atoms with Gasteiger partial charge in [-0.3, -0.25) is 4.79 Å². The Balaban J connectivity index is 1.44. The molecule has 0 bridgehead atoms. The first kappa shape index (κ1) is 24.6. The van der Waals surface area contributed by atoms with Gasteiger partial charge in [0.15, 0.2) is 5.82 Å². The van der Waals surface area contributed by atoms with Gasteiger partial charge in [0.1, 0.15) is 6.67 Å². The fourth-order valence-corrected chi connectivity index (χ4v) is 4.37. The number of benzene rings is 2. The number of hydrogen-bond acceptors (Lipinski definition) is 4. The van der Waals surface area contributed by atoms with Crippen molar-refractivity contribution in [2.24, 2.45) is 0 Å². The Morgan fingerprint density at radius 2 is 1.71 bits per heavy atom. The highest BCUT2D eigenvalue weighted by molar-refractivity contribution is 5.96. The van der Waals surface area contributed by atoms with Crippen molar-refractivity contribution in [2.75, 3.05) is 18.0 Å². The second-order valence-corrected chi connectivity index (χ2v) is 8.73. The van der Waals surface area contributed by atoms with Gasteiger partial charge in [-0.15, -0.1) is 10.2 Å². The number of rotatable bonds is 5. The number of nitrogens with zero attached hydrogens (tertiary/aromatic N) is 3. The molecule has 0 atom stereocenters. The Kier molecular flexibility index (Phi) is 7.05. The Hall–Kier alpha value is -3.49. The molecule has 1 N–H and O–H groups in total. The molecule has 0 saturated carbocycles. The lowest BCUT2D eigenvalue weighted by Crippen LogP contribution is -2.45. The van der Waals surface area contributed by atoms with E-state index in [1.165, 1.54) is 6.07 Å². The number of halogens is 4. The fraction of sp³-hybridized carbons (Fsp3) is 0.346. The van der Waals surface area contributed by atoms with E-state index < -0.39 is 29.9 Å². The molecular weight excluding hydrogens is 460 g/mol. The van der Waals surface area contributed by atoms with E-state index in [-0.39, 0.29) is 11.6 Å². The van der Waals surface area contributed by atoms with Crippen LogP contribution in [0.4, 0.5) is 23.4 Å². The van der Waals surface area contributed by atoms with E-state index in [1.807, 2.05) is 44.2 Å². The first-order valence-corrected chi connectivity index (χ1v) is 11.4. The Bertz CT molecular complexity index is 1210. The van der Waals surface area contributed by atoms with Gasteiger partial charge < -0.3 is 10.2 Å². The van der Waals surface area contributed by atoms with E-state index in [9.17, 15) is 22.4 Å². The third kappa shape index (κ3) is 5.28. The molecule has 1 amide bonds. The zero-order chi connectivity index (χ0) is 25.2. The highest BCUT2D eigenvalue weighted by Gasteiger charge is 2.36. The zero-order valence-electron chi connectivity index (χ0n) is 19.5. The second kappa shape index (κ2) is 10.0. The van der Waals surface area contributed by atoms with Crippen molar-refractivity contribution in [3.8, 4) is 11.3 Å². The van der Waals surface area contributed by atoms with Crippen LogP contribution in [0, 0.1) is 13.8 Å². The van der Waals surface area contributed by atoms with Gasteiger partial charge in [-0.1, -0.05) is 36.4 Å². The van der Waals surface area contributed by atoms with Gasteiger partial charge in [0.05, 0.1) is 16.8 Å². The molecule has 0 aliphatic carbocycles. The van der Waals surface area contributed by atoms with Crippen molar-refractivity contribution in [1.29, 1.82) is 0 Å². The molecule has 0 radical (unpaired) electrons. The van der Waals surface area contributed by atoms with Crippen molar-refractivity contribution >= 4 is 11.7 Å². The van der Waals surface area contributed by atoms with Gasteiger partial charge in [-0.05, 0) is 55.5 Å². The van der Waals surface area contributed by atoms with E-state index in [1.54, 1.807) is 0 Å². The van der Waals surface area contributed by atoms with Gasteiger partial charge in [-0.25, -0.2) is 4.39 Å². The van der Waals surface area contributed by atoms with Gasteiger partial charge in [0.2, 0.25) is 0 Å². The summed E-state index contributed by atoms with van der Waals surface area (Å²) in [6.45, 7) is 4.14. The lowest BCUT2D eigenvalue weighted by Gasteiger charge is -2.34. The first-order valence-electron chi connectivity index (χ1n) is 11.4. The van der Waals surface area contributed by atoms with Crippen molar-refractivity contribution in [1.82, 2.24) is 15.5 Å². The van der Waals surface area contributed by atoms with Crippen LogP contribution in [-0.4, -0.2) is 35.2 Å². The summed E-state index contributed by atoms with van der Waals surface area (Å²) >= 11 is 0. The fourth-order valence-electron chi connectivity index (χ4n) is 4.37. The summed E-state index contributed by atoms with van der Waals surface area (Å²) in [4.78, 5) is 14.7. The molecule has 2 heterocycles. The van der Waals surface area contributed by atoms with Gasteiger partial charge in [0.25, 0.3) is 5.91 Å². The minimum Gasteiger partial charge on any atom is -0.355 e. The molecule has 5 nitrogen and oxygen atoms in total. The Morgan fingerprint density at radius 1 is 1.03 bits per heavy atom. The molecule has 0 unspecified atom stereocenters. The average Bonchev–Trinajstić information content (AvgIpc) is 2.86. The van der Waals surface area contributed by atoms with Crippen molar-refractivity contribution in [3.05, 3.63) is 76.3 Å². The van der Waals surface area contributed by atoms with Crippen LogP contribution in [0.25, 0.3) is 11.3 Å². The summed E-state index contributed by atoms with van der Waals surface area (Å²) in [5.74, 6) is -0.0339. The minimum atomic E-state index is -4.75. The SMILES string of the molecule is Cc1c(-c2ccccc2)nnc(N2CCC(NC(=O)c3ccc(CF)cc3C(F)(F)F)CC2)c1C. The quantitative estimate of drug-likeness (QED) is 0.474. The largest absolute Gasteiger partial charge is 0.417 e. The normalized spacial score (nSPS) is 14.7. The van der Waals surface area contributed by atoms with Crippen LogP contribution in [0.5, 0.6) is 0 Å². The molecule has 1 aliphatic rings. The molecule has 184 valence electrons. The summed E-state index contributed by atoms with van der Waals surface area (Å²) in [6, 6.07) is 12.5. The number of hydrogen-bond donors (Lipinski definition) is 1. The van der Waals surface area contributed by atoms with Crippen LogP contribution in [0.1, 0.15) is 45.5 Å². The average molecular weight is 487 g/mol. The van der Waals surface area contributed by atoms with Crippen LogP contribution in [0.15, 0.2) is 48.5 Å². The molecule has 1 aliphatic heterocycles. The lowest BCUT2D eigenvalue weighted by molar-refractivity contribution is -0.138. The summed E-state index contributed by atoms with van der Waals surface area (Å²) < 4.78 is 53.1. The molecule has 4 rings (SSSR count). The Labute approximate surface area is 201 Å². The zero-order valence-corrected chi connectivity index (χ0v) is 19.5. The molecule has 1 aromatic heterocycles. The molecular formula is C26H26F4N4O. The highest BCUT2D eigenvalue weighted by atomic mass is 19.4. The number of carbonyl (C=O) groups excluding carboxylic acids is 1. The molecule has 1 saturated heterocycles. The first-order chi connectivity index (χ1) is 16.7.